The molecule has 1 unspecified atom stereocenters. The van der Waals surface area contributed by atoms with Crippen molar-refractivity contribution in [2.24, 2.45) is 5.92 Å². The molecule has 5 nitrogen and oxygen atoms in total. The monoisotopic (exact) mass is 225 g/mol. The topological polar surface area (TPSA) is 79.5 Å². The minimum atomic E-state index is -0.285. The van der Waals surface area contributed by atoms with E-state index in [9.17, 15) is 19.8 Å². The van der Waals surface area contributed by atoms with Gasteiger partial charge in [0.15, 0.2) is 17.5 Å². The number of Topliss-reactive ketones (excluding diaryl/α,β-unsaturated/α-hetero) is 1. The predicted molar refractivity (Wildman–Crippen MR) is 57.2 cm³/mol. The molecule has 0 aliphatic heterocycles. The lowest BCUT2D eigenvalue weighted by molar-refractivity contribution is -0.123. The van der Waals surface area contributed by atoms with Gasteiger partial charge < -0.3 is 15.0 Å². The van der Waals surface area contributed by atoms with E-state index in [1.54, 1.807) is 0 Å². The van der Waals surface area contributed by atoms with Crippen LogP contribution in [0, 0.1) is 5.92 Å². The van der Waals surface area contributed by atoms with Gasteiger partial charge >= 0.3 is 0 Å². The maximum Gasteiger partial charge on any atom is 0.194 e. The number of hydrogen-bond donors (Lipinski definition) is 2. The second kappa shape index (κ2) is 5.34. The van der Waals surface area contributed by atoms with Crippen molar-refractivity contribution in [3.8, 4) is 11.8 Å². The van der Waals surface area contributed by atoms with Crippen LogP contribution in [-0.4, -0.2) is 26.8 Å². The molecule has 0 saturated heterocycles. The van der Waals surface area contributed by atoms with Gasteiger partial charge in [-0.15, -0.1) is 0 Å². The molecule has 0 fully saturated rings. The van der Waals surface area contributed by atoms with E-state index in [-0.39, 0.29) is 36.4 Å². The fraction of sp³-hybridized carbons (Fsp3) is 0.455. The van der Waals surface area contributed by atoms with Crippen LogP contribution in [0.15, 0.2) is 12.1 Å². The Morgan fingerprint density at radius 2 is 2.00 bits per heavy atom. The molecule has 0 saturated carbocycles. The van der Waals surface area contributed by atoms with Gasteiger partial charge in [-0.2, -0.15) is 0 Å². The summed E-state index contributed by atoms with van der Waals surface area (Å²) in [6.45, 7) is 1.71. The first-order valence-electron chi connectivity index (χ1n) is 5.13. The van der Waals surface area contributed by atoms with Gasteiger partial charge in [-0.1, -0.05) is 6.92 Å². The van der Waals surface area contributed by atoms with Crippen LogP contribution < -0.4 is 0 Å². The Hall–Kier alpha value is -1.78. The summed E-state index contributed by atoms with van der Waals surface area (Å²) in [4.78, 5) is 22.1. The number of aromatic nitrogens is 1. The molecule has 1 rings (SSSR count). The lowest BCUT2D eigenvalue weighted by Gasteiger charge is -2.08. The summed E-state index contributed by atoms with van der Waals surface area (Å²) in [6, 6.07) is 2.61. The molecule has 0 aliphatic carbocycles. The Bertz CT molecular complexity index is 364. The highest BCUT2D eigenvalue weighted by Crippen LogP contribution is 2.21. The molecule has 1 atom stereocenters. The first kappa shape index (κ1) is 12.3. The molecular formula is C11H15NO4. The molecule has 0 amide bonds. The highest BCUT2D eigenvalue weighted by molar-refractivity contribution is 5.81. The number of rotatable bonds is 6. The second-order valence-electron chi connectivity index (χ2n) is 3.68. The van der Waals surface area contributed by atoms with Crippen molar-refractivity contribution in [3.63, 3.8) is 0 Å². The highest BCUT2D eigenvalue weighted by Gasteiger charge is 2.14. The summed E-state index contributed by atoms with van der Waals surface area (Å²) in [5.41, 5.74) is 0. The fourth-order valence-corrected chi connectivity index (χ4v) is 1.43. The third-order valence-corrected chi connectivity index (χ3v) is 2.48. The zero-order chi connectivity index (χ0) is 12.1. The number of aldehydes is 1. The number of ketones is 1. The van der Waals surface area contributed by atoms with Crippen LogP contribution in [0.2, 0.25) is 0 Å². The van der Waals surface area contributed by atoms with Gasteiger partial charge in [-0.25, -0.2) is 0 Å². The molecule has 0 bridgehead atoms. The Kier molecular flexibility index (Phi) is 4.10. The summed E-state index contributed by atoms with van der Waals surface area (Å²) in [5, 5.41) is 18.6. The van der Waals surface area contributed by atoms with Crippen molar-refractivity contribution < 1.29 is 19.8 Å². The maximum absolute atomic E-state index is 11.5. The average Bonchev–Trinajstić information content (AvgIpc) is 2.57. The Labute approximate surface area is 93.3 Å². The zero-order valence-corrected chi connectivity index (χ0v) is 9.09. The minimum Gasteiger partial charge on any atom is -0.494 e. The van der Waals surface area contributed by atoms with Crippen LogP contribution in [0.5, 0.6) is 11.8 Å². The second-order valence-corrected chi connectivity index (χ2v) is 3.68. The molecule has 1 heterocycles. The fourth-order valence-electron chi connectivity index (χ4n) is 1.43. The van der Waals surface area contributed by atoms with E-state index in [1.807, 2.05) is 6.92 Å². The first-order valence-corrected chi connectivity index (χ1v) is 5.13. The Morgan fingerprint density at radius 3 is 2.44 bits per heavy atom. The number of hydrogen-bond acceptors (Lipinski definition) is 4. The molecule has 0 aromatic carbocycles. The molecular weight excluding hydrogens is 210 g/mol. The predicted octanol–water partition coefficient (Wildman–Crippen LogP) is 1.08. The minimum absolute atomic E-state index is 0.116. The average molecular weight is 225 g/mol. The molecule has 88 valence electrons. The number of carbonyl (C=O) groups is 2. The first-order chi connectivity index (χ1) is 7.58. The van der Waals surface area contributed by atoms with Gasteiger partial charge in [0.25, 0.3) is 0 Å². The highest BCUT2D eigenvalue weighted by atomic mass is 16.3. The van der Waals surface area contributed by atoms with E-state index in [4.69, 9.17) is 0 Å². The summed E-state index contributed by atoms with van der Waals surface area (Å²) < 4.78 is 1.10. The number of nitrogens with zero attached hydrogens (tertiary/aromatic N) is 1. The smallest absolute Gasteiger partial charge is 0.194 e. The van der Waals surface area contributed by atoms with Crippen LogP contribution in [0.3, 0.4) is 0 Å². The third-order valence-electron chi connectivity index (χ3n) is 2.48. The van der Waals surface area contributed by atoms with E-state index in [2.05, 4.69) is 0 Å². The van der Waals surface area contributed by atoms with Crippen molar-refractivity contribution in [1.82, 2.24) is 4.57 Å². The SMILES string of the molecule is CCC(C=O)CC(=O)Cn1c(O)ccc1O. The van der Waals surface area contributed by atoms with Crippen molar-refractivity contribution in [1.29, 1.82) is 0 Å². The van der Waals surface area contributed by atoms with Crippen LogP contribution in [0.1, 0.15) is 19.8 Å². The summed E-state index contributed by atoms with van der Waals surface area (Å²) in [7, 11) is 0. The van der Waals surface area contributed by atoms with Crippen molar-refractivity contribution in [2.75, 3.05) is 0 Å². The van der Waals surface area contributed by atoms with Gasteiger partial charge in [0, 0.05) is 24.5 Å². The molecule has 1 aromatic rings. The van der Waals surface area contributed by atoms with Crippen molar-refractivity contribution in [2.45, 2.75) is 26.3 Å². The third kappa shape index (κ3) is 2.85. The van der Waals surface area contributed by atoms with Gasteiger partial charge in [0.1, 0.15) is 6.29 Å². The van der Waals surface area contributed by atoms with E-state index in [0.717, 1.165) is 10.9 Å². The quantitative estimate of drug-likeness (QED) is 0.710. The van der Waals surface area contributed by atoms with Gasteiger partial charge in [0.2, 0.25) is 0 Å². The lowest BCUT2D eigenvalue weighted by Crippen LogP contribution is -2.14. The van der Waals surface area contributed by atoms with Crippen molar-refractivity contribution >= 4 is 12.1 Å². The van der Waals surface area contributed by atoms with Crippen LogP contribution in [-0.2, 0) is 16.1 Å². The van der Waals surface area contributed by atoms with Crippen LogP contribution in [0.4, 0.5) is 0 Å². The molecule has 5 heteroatoms. The zero-order valence-electron chi connectivity index (χ0n) is 9.09. The maximum atomic E-state index is 11.5. The molecule has 0 radical (unpaired) electrons. The van der Waals surface area contributed by atoms with Gasteiger partial charge in [-0.3, -0.25) is 9.36 Å². The Balaban J connectivity index is 2.61. The standard InChI is InChI=1S/C11H15NO4/c1-2-8(7-13)5-9(14)6-12-10(15)3-4-11(12)16/h3-4,7-8,15-16H,2,5-6H2,1H3. The van der Waals surface area contributed by atoms with Crippen LogP contribution >= 0.6 is 0 Å². The van der Waals surface area contributed by atoms with Crippen molar-refractivity contribution in [3.05, 3.63) is 12.1 Å². The molecule has 1 aromatic heterocycles. The van der Waals surface area contributed by atoms with E-state index in [0.29, 0.717) is 6.42 Å². The summed E-state index contributed by atoms with van der Waals surface area (Å²) >= 11 is 0. The Morgan fingerprint density at radius 1 is 1.44 bits per heavy atom. The van der Waals surface area contributed by atoms with E-state index < -0.39 is 0 Å². The van der Waals surface area contributed by atoms with Crippen LogP contribution in [0.25, 0.3) is 0 Å². The molecule has 0 aliphatic rings. The van der Waals surface area contributed by atoms with Gasteiger partial charge in [0.05, 0.1) is 6.54 Å². The molecule has 16 heavy (non-hydrogen) atoms. The lowest BCUT2D eigenvalue weighted by atomic mass is 10.0. The van der Waals surface area contributed by atoms with E-state index >= 15 is 0 Å². The normalized spacial score (nSPS) is 12.3. The number of aromatic hydroxyl groups is 2. The summed E-state index contributed by atoms with van der Waals surface area (Å²) in [5.74, 6) is -0.803. The van der Waals surface area contributed by atoms with Gasteiger partial charge in [-0.05, 0) is 6.42 Å². The molecule has 2 N–H and O–H groups in total. The summed E-state index contributed by atoms with van der Waals surface area (Å²) in [6.07, 6.45) is 1.50. The molecule has 0 spiro atoms. The van der Waals surface area contributed by atoms with E-state index in [1.165, 1.54) is 12.1 Å². The number of carbonyl (C=O) groups excluding carboxylic acids is 2. The largest absolute Gasteiger partial charge is 0.494 e.